The number of amides is 3. The molecule has 0 saturated carbocycles. The number of hydrogen-bond donors (Lipinski definition) is 2. The average molecular weight is 381 g/mol. The number of hydrazine groups is 1. The predicted molar refractivity (Wildman–Crippen MR) is 105 cm³/mol. The molecule has 0 aliphatic carbocycles. The maximum atomic E-state index is 12.6. The summed E-state index contributed by atoms with van der Waals surface area (Å²) in [4.78, 5) is 36.1. The summed E-state index contributed by atoms with van der Waals surface area (Å²) in [5, 5.41) is 4.18. The maximum absolute atomic E-state index is 12.6. The fourth-order valence-electron chi connectivity index (χ4n) is 3.10. The van der Waals surface area contributed by atoms with Crippen LogP contribution in [0.25, 0.3) is 0 Å². The molecule has 2 N–H and O–H groups in total. The molecule has 1 aliphatic rings. The molecule has 28 heavy (non-hydrogen) atoms. The summed E-state index contributed by atoms with van der Waals surface area (Å²) in [5.41, 5.74) is 5.48. The zero-order valence-electron chi connectivity index (χ0n) is 16.1. The summed E-state index contributed by atoms with van der Waals surface area (Å²) in [6, 6.07) is 12.1. The lowest BCUT2D eigenvalue weighted by atomic mass is 10.0. The third-order valence-electron chi connectivity index (χ3n) is 4.64. The lowest BCUT2D eigenvalue weighted by molar-refractivity contribution is -0.130. The second-order valence-corrected chi connectivity index (χ2v) is 6.75. The first-order valence-electron chi connectivity index (χ1n) is 9.07. The Bertz CT molecular complexity index is 908. The first-order chi connectivity index (χ1) is 13.4. The number of ether oxygens (including phenoxy) is 1. The van der Waals surface area contributed by atoms with Gasteiger partial charge in [0.2, 0.25) is 11.8 Å². The minimum Gasteiger partial charge on any atom is -0.496 e. The van der Waals surface area contributed by atoms with Crippen LogP contribution in [0.4, 0.5) is 5.69 Å². The van der Waals surface area contributed by atoms with Crippen molar-refractivity contribution in [2.45, 2.75) is 32.7 Å². The molecule has 2 aromatic rings. The van der Waals surface area contributed by atoms with E-state index in [4.69, 9.17) is 4.74 Å². The Balaban J connectivity index is 1.72. The lowest BCUT2D eigenvalue weighted by Gasteiger charge is -2.27. The van der Waals surface area contributed by atoms with E-state index in [-0.39, 0.29) is 36.6 Å². The van der Waals surface area contributed by atoms with Crippen molar-refractivity contribution in [1.29, 1.82) is 0 Å². The van der Waals surface area contributed by atoms with E-state index < -0.39 is 0 Å². The van der Waals surface area contributed by atoms with Gasteiger partial charge in [-0.1, -0.05) is 17.7 Å². The van der Waals surface area contributed by atoms with Crippen molar-refractivity contribution in [3.05, 3.63) is 59.2 Å². The van der Waals surface area contributed by atoms with Crippen molar-refractivity contribution in [3.63, 3.8) is 0 Å². The van der Waals surface area contributed by atoms with Crippen LogP contribution in [0.2, 0.25) is 0 Å². The van der Waals surface area contributed by atoms with E-state index in [9.17, 15) is 14.4 Å². The van der Waals surface area contributed by atoms with Gasteiger partial charge in [-0.15, -0.1) is 0 Å². The molecule has 1 fully saturated rings. The van der Waals surface area contributed by atoms with Crippen molar-refractivity contribution < 1.29 is 19.1 Å². The molecule has 0 aromatic heterocycles. The number of carbonyl (C=O) groups is 3. The number of carbonyl (C=O) groups excluding carboxylic acids is 3. The molecule has 1 aliphatic heterocycles. The molecular formula is C21H23N3O4. The molecule has 1 unspecified atom stereocenters. The zero-order chi connectivity index (χ0) is 20.3. The molecule has 0 bridgehead atoms. The minimum atomic E-state index is -0.245. The van der Waals surface area contributed by atoms with Gasteiger partial charge < -0.3 is 10.1 Å². The van der Waals surface area contributed by atoms with Gasteiger partial charge in [-0.05, 0) is 44.2 Å². The van der Waals surface area contributed by atoms with Crippen molar-refractivity contribution in [2.75, 3.05) is 12.1 Å². The van der Waals surface area contributed by atoms with E-state index in [1.807, 2.05) is 32.0 Å². The highest BCUT2D eigenvalue weighted by Gasteiger charge is 2.24. The molecule has 3 rings (SSSR count). The van der Waals surface area contributed by atoms with Crippen LogP contribution in [0.15, 0.2) is 42.5 Å². The van der Waals surface area contributed by atoms with E-state index in [2.05, 4.69) is 10.7 Å². The van der Waals surface area contributed by atoms with Crippen molar-refractivity contribution in [3.8, 4) is 5.75 Å². The number of nitrogens with zero attached hydrogens (tertiary/aromatic N) is 1. The zero-order valence-corrected chi connectivity index (χ0v) is 16.1. The predicted octanol–water partition coefficient (Wildman–Crippen LogP) is 2.65. The van der Waals surface area contributed by atoms with Crippen molar-refractivity contribution >= 4 is 23.4 Å². The van der Waals surface area contributed by atoms with Gasteiger partial charge in [0.25, 0.3) is 5.91 Å². The van der Waals surface area contributed by atoms with Gasteiger partial charge >= 0.3 is 0 Å². The molecule has 1 heterocycles. The monoisotopic (exact) mass is 381 g/mol. The van der Waals surface area contributed by atoms with Gasteiger partial charge in [0, 0.05) is 24.0 Å². The van der Waals surface area contributed by atoms with Gasteiger partial charge in [0.15, 0.2) is 0 Å². The second kappa shape index (κ2) is 8.12. The number of hydrogen-bond acceptors (Lipinski definition) is 4. The number of methoxy groups -OCH3 is 1. The van der Waals surface area contributed by atoms with Gasteiger partial charge in [-0.3, -0.25) is 19.8 Å². The minimum absolute atomic E-state index is 0.171. The fraction of sp³-hybridized carbons (Fsp3) is 0.286. The molecule has 7 heteroatoms. The summed E-state index contributed by atoms with van der Waals surface area (Å²) in [5.74, 6) is 0.0871. The molecule has 146 valence electrons. The van der Waals surface area contributed by atoms with Crippen LogP contribution in [-0.4, -0.2) is 24.8 Å². The molecule has 1 atom stereocenters. The number of aryl methyl sites for hydroxylation is 1. The highest BCUT2D eigenvalue weighted by molar-refractivity contribution is 6.01. The van der Waals surface area contributed by atoms with E-state index in [0.29, 0.717) is 17.0 Å². The molecule has 7 nitrogen and oxygen atoms in total. The van der Waals surface area contributed by atoms with Gasteiger partial charge in [0.1, 0.15) is 5.75 Å². The highest BCUT2D eigenvalue weighted by atomic mass is 16.5. The first kappa shape index (κ1) is 19.4. The van der Waals surface area contributed by atoms with Crippen LogP contribution < -0.4 is 20.5 Å². The van der Waals surface area contributed by atoms with Crippen LogP contribution >= 0.6 is 0 Å². The summed E-state index contributed by atoms with van der Waals surface area (Å²) in [6.45, 7) is 3.88. The van der Waals surface area contributed by atoms with Crippen LogP contribution in [0.3, 0.4) is 0 Å². The lowest BCUT2D eigenvalue weighted by Crippen LogP contribution is -2.50. The second-order valence-electron chi connectivity index (χ2n) is 6.75. The van der Waals surface area contributed by atoms with E-state index in [1.54, 1.807) is 31.4 Å². The average Bonchev–Trinajstić information content (AvgIpc) is 2.69. The Labute approximate surface area is 163 Å². The molecule has 2 aromatic carbocycles. The molecule has 1 saturated heterocycles. The quantitative estimate of drug-likeness (QED) is 0.834. The Hall–Kier alpha value is -3.35. The van der Waals surface area contributed by atoms with E-state index >= 15 is 0 Å². The van der Waals surface area contributed by atoms with Gasteiger partial charge in [0.05, 0.1) is 18.8 Å². The Morgan fingerprint density at radius 2 is 1.86 bits per heavy atom. The maximum Gasteiger partial charge on any atom is 0.251 e. The molecule has 3 amide bonds. The molecule has 0 spiro atoms. The SMILES string of the molecule is COc1ccc(C)cc1C(C)NC(=O)c1ccc(N2NC(=O)CCC2=O)cc1. The normalized spacial score (nSPS) is 15.0. The standard InChI is InChI=1S/C21H23N3O4/c1-13-4-9-18(28-3)17(12-13)14(2)22-21(27)15-5-7-16(8-6-15)24-20(26)11-10-19(25)23-24/h4-9,12,14H,10-11H2,1-3H3,(H,22,27)(H,23,25). The summed E-state index contributed by atoms with van der Waals surface area (Å²) >= 11 is 0. The summed E-state index contributed by atoms with van der Waals surface area (Å²) < 4.78 is 5.39. The number of nitrogens with one attached hydrogen (secondary N) is 2. The molecular weight excluding hydrogens is 358 g/mol. The summed E-state index contributed by atoms with van der Waals surface area (Å²) in [7, 11) is 1.60. The number of rotatable bonds is 5. The first-order valence-corrected chi connectivity index (χ1v) is 9.07. The van der Waals surface area contributed by atoms with Crippen LogP contribution in [0.1, 0.15) is 47.3 Å². The van der Waals surface area contributed by atoms with Crippen molar-refractivity contribution in [1.82, 2.24) is 10.7 Å². The van der Waals surface area contributed by atoms with Gasteiger partial charge in [-0.2, -0.15) is 0 Å². The highest BCUT2D eigenvalue weighted by Crippen LogP contribution is 2.26. The fourth-order valence-corrected chi connectivity index (χ4v) is 3.10. The Morgan fingerprint density at radius 3 is 2.54 bits per heavy atom. The number of anilines is 1. The third-order valence-corrected chi connectivity index (χ3v) is 4.64. The molecule has 0 radical (unpaired) electrons. The van der Waals surface area contributed by atoms with Crippen LogP contribution in [0, 0.1) is 6.92 Å². The number of benzene rings is 2. The topological polar surface area (TPSA) is 87.7 Å². The van der Waals surface area contributed by atoms with Crippen molar-refractivity contribution in [2.24, 2.45) is 0 Å². The smallest absolute Gasteiger partial charge is 0.251 e. The van der Waals surface area contributed by atoms with Crippen LogP contribution in [-0.2, 0) is 9.59 Å². The summed E-state index contributed by atoms with van der Waals surface area (Å²) in [6.07, 6.45) is 0.361. The Kier molecular flexibility index (Phi) is 5.63. The Morgan fingerprint density at radius 1 is 1.14 bits per heavy atom. The third kappa shape index (κ3) is 4.14. The van der Waals surface area contributed by atoms with Gasteiger partial charge in [-0.25, -0.2) is 5.01 Å². The van der Waals surface area contributed by atoms with Crippen LogP contribution in [0.5, 0.6) is 5.75 Å². The van der Waals surface area contributed by atoms with E-state index in [1.165, 1.54) is 5.01 Å². The largest absolute Gasteiger partial charge is 0.496 e. The van der Waals surface area contributed by atoms with E-state index in [0.717, 1.165) is 11.1 Å².